The van der Waals surface area contributed by atoms with Crippen molar-refractivity contribution in [1.29, 1.82) is 0 Å². The van der Waals surface area contributed by atoms with E-state index >= 15 is 0 Å². The zero-order valence-electron chi connectivity index (χ0n) is 20.8. The van der Waals surface area contributed by atoms with Crippen LogP contribution in [0.4, 0.5) is 11.4 Å². The molecule has 6 rings (SSSR count). The molecular formula is C31H26N2O4. The second kappa shape index (κ2) is 8.37. The lowest BCUT2D eigenvalue weighted by molar-refractivity contribution is -0.384. The minimum atomic E-state index is -0.565. The van der Waals surface area contributed by atoms with E-state index in [4.69, 9.17) is 0 Å². The van der Waals surface area contributed by atoms with Crippen molar-refractivity contribution in [2.75, 3.05) is 4.90 Å². The van der Waals surface area contributed by atoms with Crippen molar-refractivity contribution < 1.29 is 14.5 Å². The summed E-state index contributed by atoms with van der Waals surface area (Å²) in [5, 5.41) is 11.8. The van der Waals surface area contributed by atoms with Crippen LogP contribution in [0.25, 0.3) is 5.57 Å². The number of anilines is 1. The first-order valence-electron chi connectivity index (χ1n) is 12.5. The highest BCUT2D eigenvalue weighted by Gasteiger charge is 2.63. The number of nitro groups is 1. The lowest BCUT2D eigenvalue weighted by Gasteiger charge is -2.22. The average molecular weight is 491 g/mol. The molecule has 3 aromatic rings. The molecule has 6 heteroatoms. The third-order valence-corrected chi connectivity index (χ3v) is 7.95. The summed E-state index contributed by atoms with van der Waals surface area (Å²) in [5.74, 6) is -2.32. The smallest absolute Gasteiger partial charge is 0.274 e. The fourth-order valence-electron chi connectivity index (χ4n) is 6.24. The standard InChI is InChI=1S/C31H26N2O4/c1-17-4-9-20(10-5-17)26(21-11-6-18(2)7-12-21)27-22-13-14-23(27)29-28(22)30(34)32(31(29)35)24-15-8-19(3)16-25(24)33(36)37/h4-16,22-23,28-29H,1-3H3. The van der Waals surface area contributed by atoms with Crippen LogP contribution in [0.2, 0.25) is 0 Å². The maximum Gasteiger partial charge on any atom is 0.293 e. The zero-order chi connectivity index (χ0) is 26.0. The molecule has 0 radical (unpaired) electrons. The van der Waals surface area contributed by atoms with Crippen LogP contribution in [-0.2, 0) is 9.59 Å². The Bertz CT molecular complexity index is 1450. The number of carbonyl (C=O) groups is 2. The fraction of sp³-hybridized carbons (Fsp3) is 0.226. The molecule has 184 valence electrons. The van der Waals surface area contributed by atoms with E-state index in [1.54, 1.807) is 13.0 Å². The monoisotopic (exact) mass is 490 g/mol. The number of nitrogens with zero attached hydrogens (tertiary/aromatic N) is 2. The van der Waals surface area contributed by atoms with E-state index in [-0.39, 0.29) is 35.0 Å². The predicted molar refractivity (Wildman–Crippen MR) is 142 cm³/mol. The Morgan fingerprint density at radius 3 is 1.65 bits per heavy atom. The van der Waals surface area contributed by atoms with Gasteiger partial charge in [0.25, 0.3) is 5.69 Å². The first-order valence-corrected chi connectivity index (χ1v) is 12.5. The molecule has 4 atom stereocenters. The lowest BCUT2D eigenvalue weighted by atomic mass is 9.85. The topological polar surface area (TPSA) is 80.5 Å². The van der Waals surface area contributed by atoms with Crippen molar-refractivity contribution in [2.45, 2.75) is 20.8 Å². The van der Waals surface area contributed by atoms with Crippen LogP contribution in [-0.4, -0.2) is 16.7 Å². The van der Waals surface area contributed by atoms with Crippen molar-refractivity contribution in [3.8, 4) is 0 Å². The fourth-order valence-corrected chi connectivity index (χ4v) is 6.24. The number of hydrogen-bond acceptors (Lipinski definition) is 4. The van der Waals surface area contributed by atoms with Crippen LogP contribution >= 0.6 is 0 Å². The number of fused-ring (bicyclic) bond motifs is 5. The summed E-state index contributed by atoms with van der Waals surface area (Å²) in [6.07, 6.45) is 4.09. The van der Waals surface area contributed by atoms with Gasteiger partial charge >= 0.3 is 0 Å². The minimum absolute atomic E-state index is 0.0576. The Morgan fingerprint density at radius 2 is 1.19 bits per heavy atom. The SMILES string of the molecule is Cc1ccc(C(=C2C3C=CC2C2C(=O)N(c4ccc(C)cc4[N+](=O)[O-])C(=O)C32)c2ccc(C)cc2)cc1. The van der Waals surface area contributed by atoms with E-state index in [2.05, 4.69) is 48.5 Å². The normalized spacial score (nSPS) is 23.6. The van der Waals surface area contributed by atoms with E-state index in [1.165, 1.54) is 12.1 Å². The number of amides is 2. The number of imide groups is 1. The molecule has 37 heavy (non-hydrogen) atoms. The molecule has 2 aliphatic carbocycles. The van der Waals surface area contributed by atoms with E-state index < -0.39 is 16.8 Å². The lowest BCUT2D eigenvalue weighted by Crippen LogP contribution is -2.33. The maximum absolute atomic E-state index is 13.8. The van der Waals surface area contributed by atoms with Gasteiger partial charge < -0.3 is 0 Å². The van der Waals surface area contributed by atoms with Gasteiger partial charge in [0.05, 0.1) is 16.8 Å². The Morgan fingerprint density at radius 1 is 0.730 bits per heavy atom. The van der Waals surface area contributed by atoms with Crippen LogP contribution in [0, 0.1) is 54.6 Å². The molecule has 2 amide bonds. The summed E-state index contributed by atoms with van der Waals surface area (Å²) < 4.78 is 0. The molecule has 1 saturated carbocycles. The number of benzene rings is 3. The van der Waals surface area contributed by atoms with Gasteiger partial charge in [0.2, 0.25) is 11.8 Å². The van der Waals surface area contributed by atoms with Crippen LogP contribution in [0.5, 0.6) is 0 Å². The molecule has 3 aromatic carbocycles. The molecule has 1 heterocycles. The molecule has 2 bridgehead atoms. The number of rotatable bonds is 4. The quantitative estimate of drug-likeness (QED) is 0.196. The Hall–Kier alpha value is -4.32. The Balaban J connectivity index is 1.49. The zero-order valence-corrected chi connectivity index (χ0v) is 20.8. The summed E-state index contributed by atoms with van der Waals surface area (Å²) in [7, 11) is 0. The summed E-state index contributed by atoms with van der Waals surface area (Å²) in [5.41, 5.74) is 7.08. The molecule has 1 aliphatic heterocycles. The molecular weight excluding hydrogens is 464 g/mol. The Labute approximate surface area is 215 Å². The van der Waals surface area contributed by atoms with E-state index in [1.807, 2.05) is 26.0 Å². The predicted octanol–water partition coefficient (Wildman–Crippen LogP) is 5.94. The van der Waals surface area contributed by atoms with E-state index in [0.29, 0.717) is 5.56 Å². The summed E-state index contributed by atoms with van der Waals surface area (Å²) in [4.78, 5) is 39.9. The van der Waals surface area contributed by atoms with Crippen molar-refractivity contribution >= 4 is 28.8 Å². The highest BCUT2D eigenvalue weighted by Crippen LogP contribution is 2.59. The number of aryl methyl sites for hydroxylation is 3. The van der Waals surface area contributed by atoms with Gasteiger partial charge in [0.1, 0.15) is 5.69 Å². The third-order valence-electron chi connectivity index (χ3n) is 7.95. The van der Waals surface area contributed by atoms with Gasteiger partial charge in [-0.15, -0.1) is 0 Å². The molecule has 2 fully saturated rings. The van der Waals surface area contributed by atoms with E-state index in [9.17, 15) is 19.7 Å². The first kappa shape index (κ1) is 23.1. The molecule has 4 unspecified atom stereocenters. The number of carbonyl (C=O) groups excluding carboxylic acids is 2. The number of nitro benzene ring substituents is 1. The second-order valence-electron chi connectivity index (χ2n) is 10.3. The third kappa shape index (κ3) is 3.47. The molecule has 6 nitrogen and oxygen atoms in total. The molecule has 0 aromatic heterocycles. The first-order chi connectivity index (χ1) is 17.8. The van der Waals surface area contributed by atoms with Crippen LogP contribution in [0.15, 0.2) is 84.5 Å². The highest BCUT2D eigenvalue weighted by molar-refractivity contribution is 6.24. The van der Waals surface area contributed by atoms with Crippen molar-refractivity contribution in [1.82, 2.24) is 0 Å². The van der Waals surface area contributed by atoms with Gasteiger partial charge in [-0.05, 0) is 54.7 Å². The van der Waals surface area contributed by atoms with Crippen LogP contribution in [0.1, 0.15) is 27.8 Å². The highest BCUT2D eigenvalue weighted by atomic mass is 16.6. The number of hydrogen-bond donors (Lipinski definition) is 0. The van der Waals surface area contributed by atoms with Gasteiger partial charge in [0, 0.05) is 17.9 Å². The summed E-state index contributed by atoms with van der Waals surface area (Å²) >= 11 is 0. The second-order valence-corrected chi connectivity index (χ2v) is 10.3. The van der Waals surface area contributed by atoms with Crippen LogP contribution < -0.4 is 4.90 Å². The molecule has 0 N–H and O–H groups in total. The Kier molecular flexibility index (Phi) is 5.23. The van der Waals surface area contributed by atoms with Gasteiger partial charge in [-0.1, -0.05) is 77.9 Å². The van der Waals surface area contributed by atoms with Crippen molar-refractivity contribution in [3.63, 3.8) is 0 Å². The largest absolute Gasteiger partial charge is 0.293 e. The molecule has 0 spiro atoms. The number of allylic oxidation sites excluding steroid dienone is 3. The van der Waals surface area contributed by atoms with Crippen LogP contribution in [0.3, 0.4) is 0 Å². The van der Waals surface area contributed by atoms with Crippen molar-refractivity contribution in [2.24, 2.45) is 23.7 Å². The van der Waals surface area contributed by atoms with E-state index in [0.717, 1.165) is 38.3 Å². The van der Waals surface area contributed by atoms with Crippen molar-refractivity contribution in [3.05, 3.63) is 122 Å². The van der Waals surface area contributed by atoms with Gasteiger partial charge in [-0.25, -0.2) is 4.90 Å². The summed E-state index contributed by atoms with van der Waals surface area (Å²) in [6, 6.07) is 21.3. The van der Waals surface area contributed by atoms with Gasteiger partial charge in [0.15, 0.2) is 0 Å². The molecule has 1 saturated heterocycles. The van der Waals surface area contributed by atoms with Gasteiger partial charge in [-0.2, -0.15) is 0 Å². The average Bonchev–Trinajstić information content (AvgIpc) is 3.51. The maximum atomic E-state index is 13.8. The summed E-state index contributed by atoms with van der Waals surface area (Å²) in [6.45, 7) is 5.84. The minimum Gasteiger partial charge on any atom is -0.274 e. The molecule has 3 aliphatic rings. The van der Waals surface area contributed by atoms with Gasteiger partial charge in [-0.3, -0.25) is 19.7 Å².